The number of hydrogen-bond acceptors (Lipinski definition) is 9. The monoisotopic (exact) mass is 422 g/mol. The lowest BCUT2D eigenvalue weighted by atomic mass is 10.1. The van der Waals surface area contributed by atoms with Gasteiger partial charge in [0.05, 0.1) is 28.2 Å². The number of nitrogens with one attached hydrogen (secondary N) is 1. The van der Waals surface area contributed by atoms with Crippen molar-refractivity contribution in [2.75, 3.05) is 0 Å². The number of aromatic hydroxyl groups is 1. The van der Waals surface area contributed by atoms with Gasteiger partial charge in [-0.3, -0.25) is 9.35 Å². The normalized spacial score (nSPS) is 13.8. The van der Waals surface area contributed by atoms with E-state index in [1.807, 2.05) is 0 Å². The van der Waals surface area contributed by atoms with Gasteiger partial charge in [0, 0.05) is 15.8 Å². The highest BCUT2D eigenvalue weighted by Gasteiger charge is 2.30. The Bertz CT molecular complexity index is 1260. The number of hydrogen-bond donors (Lipinski definition) is 4. The van der Waals surface area contributed by atoms with E-state index in [2.05, 4.69) is 19.3 Å². The molecule has 0 aliphatic carbocycles. The molecule has 2 aromatic carbocycles. The summed E-state index contributed by atoms with van der Waals surface area (Å²) in [7, 11) is -4.45. The number of rotatable bonds is 5. The fraction of sp³-hybridized carbons (Fsp3) is 0. The van der Waals surface area contributed by atoms with Crippen LogP contribution in [0.5, 0.6) is 5.75 Å². The lowest BCUT2D eigenvalue weighted by Crippen LogP contribution is -2.11. The third-order valence-corrected chi connectivity index (χ3v) is 5.52. The van der Waals surface area contributed by atoms with Crippen LogP contribution in [0.3, 0.4) is 0 Å². The van der Waals surface area contributed by atoms with Gasteiger partial charge in [-0.2, -0.15) is 8.42 Å². The van der Waals surface area contributed by atoms with E-state index in [1.165, 1.54) is 12.1 Å². The molecule has 1 aromatic heterocycles. The number of aromatic amines is 1. The van der Waals surface area contributed by atoms with Crippen LogP contribution in [0.25, 0.3) is 10.9 Å². The van der Waals surface area contributed by atoms with Crippen molar-refractivity contribution in [3.63, 3.8) is 0 Å². The SMILES string of the molecule is O=C1C(c2[nH]c3ccc(S(=O)(=O)O)cc3c2O)=Nc2ccc(SOOO)cc21. The number of carbonyl (C=O) groups is 1. The molecular weight excluding hydrogens is 412 g/mol. The summed E-state index contributed by atoms with van der Waals surface area (Å²) in [6.07, 6.45) is 0. The number of fused-ring (bicyclic) bond motifs is 2. The fourth-order valence-electron chi connectivity index (χ4n) is 2.86. The zero-order valence-corrected chi connectivity index (χ0v) is 15.2. The second kappa shape index (κ2) is 6.70. The summed E-state index contributed by atoms with van der Waals surface area (Å²) in [6, 6.07) is 8.24. The summed E-state index contributed by atoms with van der Waals surface area (Å²) in [5.74, 6) is -0.841. The third-order valence-electron chi connectivity index (χ3n) is 4.10. The summed E-state index contributed by atoms with van der Waals surface area (Å²) in [4.78, 5) is 19.9. The number of carbonyl (C=O) groups excluding carboxylic acids is 1. The molecule has 2 heterocycles. The van der Waals surface area contributed by atoms with Crippen molar-refractivity contribution in [1.29, 1.82) is 0 Å². The molecule has 0 radical (unpaired) electrons. The fourth-order valence-corrected chi connectivity index (χ4v) is 3.76. The predicted octanol–water partition coefficient (Wildman–Crippen LogP) is 2.87. The largest absolute Gasteiger partial charge is 0.505 e. The van der Waals surface area contributed by atoms with Gasteiger partial charge < -0.3 is 10.1 Å². The summed E-state index contributed by atoms with van der Waals surface area (Å²) in [6.45, 7) is 0. The molecule has 0 unspecified atom stereocenters. The van der Waals surface area contributed by atoms with Crippen molar-refractivity contribution >= 4 is 50.2 Å². The topological polar surface area (TPSA) is 159 Å². The van der Waals surface area contributed by atoms with Gasteiger partial charge in [0.2, 0.25) is 5.78 Å². The molecule has 0 atom stereocenters. The first-order valence-corrected chi connectivity index (χ1v) is 9.72. The number of aliphatic imine (C=N–C) groups is 1. The van der Waals surface area contributed by atoms with E-state index in [4.69, 9.17) is 5.26 Å². The maximum atomic E-state index is 12.7. The summed E-state index contributed by atoms with van der Waals surface area (Å²) in [5.41, 5.74) is 0.937. The van der Waals surface area contributed by atoms with Crippen LogP contribution in [0.4, 0.5) is 5.69 Å². The van der Waals surface area contributed by atoms with Gasteiger partial charge in [0.15, 0.2) is 5.75 Å². The molecular formula is C16H10N2O8S2. The lowest BCUT2D eigenvalue weighted by Gasteiger charge is -2.00. The molecule has 12 heteroatoms. The Hall–Kier alpha value is -2.74. The maximum absolute atomic E-state index is 12.7. The second-order valence-electron chi connectivity index (χ2n) is 5.73. The van der Waals surface area contributed by atoms with Gasteiger partial charge >= 0.3 is 0 Å². The minimum absolute atomic E-state index is 0.0211. The van der Waals surface area contributed by atoms with Gasteiger partial charge in [-0.1, -0.05) is 5.04 Å². The second-order valence-corrected chi connectivity index (χ2v) is 7.92. The van der Waals surface area contributed by atoms with Gasteiger partial charge in [0.1, 0.15) is 11.4 Å². The van der Waals surface area contributed by atoms with Crippen molar-refractivity contribution in [2.45, 2.75) is 9.79 Å². The molecule has 4 rings (SSSR count). The van der Waals surface area contributed by atoms with Crippen LogP contribution in [0.1, 0.15) is 16.1 Å². The van der Waals surface area contributed by atoms with Crippen LogP contribution in [-0.4, -0.2) is 39.8 Å². The summed E-state index contributed by atoms with van der Waals surface area (Å²) >= 11 is 0.683. The quantitative estimate of drug-likeness (QED) is 0.210. The molecule has 0 bridgehead atoms. The number of ketones is 1. The zero-order valence-electron chi connectivity index (χ0n) is 13.6. The van der Waals surface area contributed by atoms with Crippen LogP contribution < -0.4 is 0 Å². The van der Waals surface area contributed by atoms with E-state index in [9.17, 15) is 22.9 Å². The van der Waals surface area contributed by atoms with E-state index < -0.39 is 20.8 Å². The molecule has 10 nitrogen and oxygen atoms in total. The standard InChI is InChI=1S/C16H10N2O8S2/c19-15-9-5-7(27-26-25-21)1-3-11(9)17-13(15)14-16(20)10-6-8(28(22,23)24)2-4-12(10)18-14/h1-6,18,20-21H,(H,22,23,24). The number of H-pyrrole nitrogens is 1. The molecule has 144 valence electrons. The van der Waals surface area contributed by atoms with E-state index in [-0.39, 0.29) is 28.1 Å². The number of Topliss-reactive ketones (excluding diaryl/α,β-unsaturated/α-hetero) is 1. The van der Waals surface area contributed by atoms with Gasteiger partial charge in [-0.25, -0.2) is 10.2 Å². The maximum Gasteiger partial charge on any atom is 0.294 e. The summed E-state index contributed by atoms with van der Waals surface area (Å²) < 4.78 is 36.1. The van der Waals surface area contributed by atoms with Gasteiger partial charge in [-0.15, -0.1) is 4.33 Å². The Morgan fingerprint density at radius 1 is 1.14 bits per heavy atom. The predicted molar refractivity (Wildman–Crippen MR) is 97.4 cm³/mol. The molecule has 28 heavy (non-hydrogen) atoms. The first-order valence-electron chi connectivity index (χ1n) is 7.54. The number of benzene rings is 2. The smallest absolute Gasteiger partial charge is 0.294 e. The van der Waals surface area contributed by atoms with Gasteiger partial charge in [-0.05, 0) is 36.4 Å². The van der Waals surface area contributed by atoms with Crippen molar-refractivity contribution in [3.8, 4) is 5.75 Å². The van der Waals surface area contributed by atoms with Crippen LogP contribution in [-0.2, 0) is 19.5 Å². The number of aromatic nitrogens is 1. The van der Waals surface area contributed by atoms with Crippen molar-refractivity contribution < 1.29 is 37.5 Å². The first-order chi connectivity index (χ1) is 13.3. The molecule has 1 aliphatic heterocycles. The highest BCUT2D eigenvalue weighted by molar-refractivity contribution is 7.94. The molecule has 0 saturated carbocycles. The Balaban J connectivity index is 1.76. The van der Waals surface area contributed by atoms with E-state index in [0.717, 1.165) is 12.1 Å². The Morgan fingerprint density at radius 2 is 1.93 bits per heavy atom. The zero-order chi connectivity index (χ0) is 20.1. The summed E-state index contributed by atoms with van der Waals surface area (Å²) in [5, 5.41) is 22.3. The van der Waals surface area contributed by atoms with Crippen LogP contribution in [0, 0.1) is 0 Å². The minimum Gasteiger partial charge on any atom is -0.505 e. The molecule has 0 fully saturated rings. The average molecular weight is 422 g/mol. The number of nitrogens with zero attached hydrogens (tertiary/aromatic N) is 1. The Labute approximate surface area is 161 Å². The van der Waals surface area contributed by atoms with Crippen molar-refractivity contribution in [2.24, 2.45) is 4.99 Å². The average Bonchev–Trinajstić information content (AvgIpc) is 3.16. The third kappa shape index (κ3) is 3.07. The van der Waals surface area contributed by atoms with E-state index in [0.29, 0.717) is 28.1 Å². The molecule has 0 spiro atoms. The lowest BCUT2D eigenvalue weighted by molar-refractivity contribution is -0.432. The molecule has 0 amide bonds. The van der Waals surface area contributed by atoms with Crippen molar-refractivity contribution in [3.05, 3.63) is 47.7 Å². The molecule has 3 aromatic rings. The highest BCUT2D eigenvalue weighted by Crippen LogP contribution is 2.37. The minimum atomic E-state index is -4.45. The Kier molecular flexibility index (Phi) is 4.45. The van der Waals surface area contributed by atoms with Crippen LogP contribution in [0.2, 0.25) is 0 Å². The van der Waals surface area contributed by atoms with Crippen molar-refractivity contribution in [1.82, 2.24) is 4.98 Å². The highest BCUT2D eigenvalue weighted by atomic mass is 32.2. The molecule has 0 saturated heterocycles. The van der Waals surface area contributed by atoms with Gasteiger partial charge in [0.25, 0.3) is 10.1 Å². The van der Waals surface area contributed by atoms with Crippen LogP contribution >= 0.6 is 12.0 Å². The van der Waals surface area contributed by atoms with Crippen LogP contribution in [0.15, 0.2) is 51.2 Å². The van der Waals surface area contributed by atoms with E-state index in [1.54, 1.807) is 12.1 Å². The molecule has 1 aliphatic rings. The van der Waals surface area contributed by atoms with E-state index >= 15 is 0 Å². The first kappa shape index (κ1) is 18.6. The Morgan fingerprint density at radius 3 is 2.64 bits per heavy atom. The molecule has 4 N–H and O–H groups in total.